The Kier molecular flexibility index (Phi) is 3.35. The first-order chi connectivity index (χ1) is 11.9. The van der Waals surface area contributed by atoms with Crippen LogP contribution < -0.4 is 5.43 Å². The van der Waals surface area contributed by atoms with Crippen LogP contribution >= 0.6 is 0 Å². The molecule has 0 bridgehead atoms. The van der Waals surface area contributed by atoms with Gasteiger partial charge < -0.3 is 9.40 Å². The van der Waals surface area contributed by atoms with Crippen LogP contribution in [0.15, 0.2) is 51.7 Å². The van der Waals surface area contributed by atoms with Crippen molar-refractivity contribution < 1.29 is 9.21 Å². The highest BCUT2D eigenvalue weighted by Crippen LogP contribution is 2.28. The normalized spacial score (nSPS) is 11.3. The minimum atomic E-state index is -0.146. The standard InChI is InChI=1S/C21H17NO3/c1-11-6-16(13(3)23)21-17(7-11)19(24)10-20(25-21)14-4-5-18-15(9-14)8-12(2)22-18/h4-10,22H,1-3H3. The topological polar surface area (TPSA) is 63.1 Å². The number of aromatic amines is 1. The first kappa shape index (κ1) is 15.4. The zero-order chi connectivity index (χ0) is 17.7. The summed E-state index contributed by atoms with van der Waals surface area (Å²) in [5, 5.41) is 1.49. The van der Waals surface area contributed by atoms with E-state index in [1.54, 1.807) is 12.1 Å². The summed E-state index contributed by atoms with van der Waals surface area (Å²) in [6, 6.07) is 12.9. The van der Waals surface area contributed by atoms with Crippen molar-refractivity contribution in [3.8, 4) is 11.3 Å². The number of H-pyrrole nitrogens is 1. The molecule has 2 aromatic carbocycles. The third-order valence-electron chi connectivity index (χ3n) is 4.39. The Hall–Kier alpha value is -3.14. The molecule has 0 fully saturated rings. The van der Waals surface area contributed by atoms with E-state index < -0.39 is 0 Å². The molecule has 4 aromatic rings. The number of hydrogen-bond acceptors (Lipinski definition) is 3. The molecule has 0 aliphatic rings. The van der Waals surface area contributed by atoms with Crippen molar-refractivity contribution in [1.82, 2.24) is 4.98 Å². The molecule has 0 aliphatic heterocycles. The highest BCUT2D eigenvalue weighted by Gasteiger charge is 2.14. The fraction of sp³-hybridized carbons (Fsp3) is 0.143. The van der Waals surface area contributed by atoms with E-state index in [4.69, 9.17) is 4.42 Å². The highest BCUT2D eigenvalue weighted by atomic mass is 16.3. The summed E-state index contributed by atoms with van der Waals surface area (Å²) in [5.74, 6) is 0.343. The SMILES string of the molecule is CC(=O)c1cc(C)cc2c(=O)cc(-c3ccc4[nH]c(C)cc4c3)oc12. The predicted octanol–water partition coefficient (Wildman–Crippen LogP) is 4.76. The summed E-state index contributed by atoms with van der Waals surface area (Å²) < 4.78 is 6.00. The maximum absolute atomic E-state index is 12.6. The van der Waals surface area contributed by atoms with Crippen LogP contribution in [0.25, 0.3) is 33.2 Å². The molecule has 4 nitrogen and oxygen atoms in total. The second-order valence-corrected chi connectivity index (χ2v) is 6.47. The summed E-state index contributed by atoms with van der Waals surface area (Å²) in [5.41, 5.74) is 4.42. The van der Waals surface area contributed by atoms with Crippen molar-refractivity contribution in [3.63, 3.8) is 0 Å². The van der Waals surface area contributed by atoms with Crippen molar-refractivity contribution >= 4 is 27.7 Å². The van der Waals surface area contributed by atoms with Crippen LogP contribution in [0, 0.1) is 13.8 Å². The first-order valence-electron chi connectivity index (χ1n) is 8.11. The zero-order valence-electron chi connectivity index (χ0n) is 14.3. The number of aryl methyl sites for hydroxylation is 2. The number of nitrogens with one attached hydrogen (secondary N) is 1. The molecule has 0 unspecified atom stereocenters. The monoisotopic (exact) mass is 331 g/mol. The number of carbonyl (C=O) groups is 1. The third-order valence-corrected chi connectivity index (χ3v) is 4.39. The van der Waals surface area contributed by atoms with Crippen molar-refractivity contribution in [1.29, 1.82) is 0 Å². The molecular weight excluding hydrogens is 314 g/mol. The van der Waals surface area contributed by atoms with E-state index >= 15 is 0 Å². The second kappa shape index (κ2) is 5.45. The van der Waals surface area contributed by atoms with Crippen LogP contribution in [-0.2, 0) is 0 Å². The van der Waals surface area contributed by atoms with Crippen LogP contribution in [0.5, 0.6) is 0 Å². The van der Waals surface area contributed by atoms with E-state index in [9.17, 15) is 9.59 Å². The van der Waals surface area contributed by atoms with E-state index in [0.717, 1.165) is 27.7 Å². The van der Waals surface area contributed by atoms with Crippen LogP contribution in [0.1, 0.15) is 28.5 Å². The largest absolute Gasteiger partial charge is 0.455 e. The van der Waals surface area contributed by atoms with Crippen LogP contribution in [-0.4, -0.2) is 10.8 Å². The molecule has 1 N–H and O–H groups in total. The van der Waals surface area contributed by atoms with Gasteiger partial charge in [-0.15, -0.1) is 0 Å². The van der Waals surface area contributed by atoms with Gasteiger partial charge in [0, 0.05) is 28.2 Å². The smallest absolute Gasteiger partial charge is 0.193 e. The lowest BCUT2D eigenvalue weighted by Gasteiger charge is -2.07. The van der Waals surface area contributed by atoms with Gasteiger partial charge in [-0.1, -0.05) is 0 Å². The Morgan fingerprint density at radius 3 is 2.60 bits per heavy atom. The molecule has 124 valence electrons. The van der Waals surface area contributed by atoms with Crippen molar-refractivity contribution in [2.45, 2.75) is 20.8 Å². The maximum atomic E-state index is 12.6. The van der Waals surface area contributed by atoms with Gasteiger partial charge in [0.15, 0.2) is 11.2 Å². The molecular formula is C21H17NO3. The molecule has 0 aliphatic carbocycles. The summed E-state index contributed by atoms with van der Waals surface area (Å²) in [7, 11) is 0. The van der Waals surface area contributed by atoms with Crippen LogP contribution in [0.4, 0.5) is 0 Å². The van der Waals surface area contributed by atoms with Gasteiger partial charge in [0.05, 0.1) is 10.9 Å². The average Bonchev–Trinajstić information content (AvgIpc) is 2.93. The molecule has 0 saturated heterocycles. The fourth-order valence-corrected chi connectivity index (χ4v) is 3.24. The van der Waals surface area contributed by atoms with Gasteiger partial charge in [-0.2, -0.15) is 0 Å². The molecule has 0 radical (unpaired) electrons. The van der Waals surface area contributed by atoms with Gasteiger partial charge in [-0.25, -0.2) is 0 Å². The summed E-state index contributed by atoms with van der Waals surface area (Å²) in [6.45, 7) is 5.34. The lowest BCUT2D eigenvalue weighted by molar-refractivity contribution is 0.101. The molecule has 2 heterocycles. The van der Waals surface area contributed by atoms with E-state index in [1.807, 2.05) is 38.1 Å². The van der Waals surface area contributed by atoms with E-state index in [0.29, 0.717) is 22.3 Å². The number of aromatic nitrogens is 1. The molecule has 25 heavy (non-hydrogen) atoms. The lowest BCUT2D eigenvalue weighted by Crippen LogP contribution is -2.04. The second-order valence-electron chi connectivity index (χ2n) is 6.47. The van der Waals surface area contributed by atoms with Gasteiger partial charge in [0.1, 0.15) is 11.3 Å². The summed E-state index contributed by atoms with van der Waals surface area (Å²) >= 11 is 0. The van der Waals surface area contributed by atoms with E-state index in [1.165, 1.54) is 13.0 Å². The van der Waals surface area contributed by atoms with Gasteiger partial charge in [0.25, 0.3) is 0 Å². The molecule has 4 rings (SSSR count). The van der Waals surface area contributed by atoms with Crippen LogP contribution in [0.2, 0.25) is 0 Å². The molecule has 0 atom stereocenters. The quantitative estimate of drug-likeness (QED) is 0.539. The number of benzene rings is 2. The van der Waals surface area contributed by atoms with Gasteiger partial charge in [0.2, 0.25) is 0 Å². The first-order valence-corrected chi connectivity index (χ1v) is 8.11. The van der Waals surface area contributed by atoms with E-state index in [-0.39, 0.29) is 11.2 Å². The van der Waals surface area contributed by atoms with Crippen molar-refractivity contribution in [3.05, 3.63) is 69.5 Å². The highest BCUT2D eigenvalue weighted by molar-refractivity contribution is 6.05. The fourth-order valence-electron chi connectivity index (χ4n) is 3.24. The van der Waals surface area contributed by atoms with Gasteiger partial charge in [-0.3, -0.25) is 9.59 Å². The Morgan fingerprint density at radius 2 is 1.84 bits per heavy atom. The number of ketones is 1. The molecule has 0 amide bonds. The Bertz CT molecular complexity index is 1210. The Balaban J connectivity index is 2.01. The maximum Gasteiger partial charge on any atom is 0.193 e. The van der Waals surface area contributed by atoms with Gasteiger partial charge >= 0.3 is 0 Å². The van der Waals surface area contributed by atoms with Crippen LogP contribution in [0.3, 0.4) is 0 Å². The van der Waals surface area contributed by atoms with Gasteiger partial charge in [-0.05, 0) is 62.7 Å². The number of carbonyl (C=O) groups excluding carboxylic acids is 1. The number of hydrogen-bond donors (Lipinski definition) is 1. The average molecular weight is 331 g/mol. The number of fused-ring (bicyclic) bond motifs is 2. The van der Waals surface area contributed by atoms with Crippen molar-refractivity contribution in [2.24, 2.45) is 0 Å². The Labute approximate surface area is 144 Å². The minimum Gasteiger partial charge on any atom is -0.455 e. The third kappa shape index (κ3) is 2.56. The summed E-state index contributed by atoms with van der Waals surface area (Å²) in [6.07, 6.45) is 0. The zero-order valence-corrected chi connectivity index (χ0v) is 14.3. The van der Waals surface area contributed by atoms with E-state index in [2.05, 4.69) is 4.98 Å². The number of Topliss-reactive ketones (excluding diaryl/α,β-unsaturated/α-hetero) is 1. The number of rotatable bonds is 2. The molecule has 0 saturated carbocycles. The molecule has 2 aromatic heterocycles. The van der Waals surface area contributed by atoms with Crippen molar-refractivity contribution in [2.75, 3.05) is 0 Å². The summed E-state index contributed by atoms with van der Waals surface area (Å²) in [4.78, 5) is 27.8. The molecule has 0 spiro atoms. The molecule has 4 heteroatoms. The predicted molar refractivity (Wildman–Crippen MR) is 99.3 cm³/mol. The Morgan fingerprint density at radius 1 is 1.04 bits per heavy atom. The minimum absolute atomic E-state index is 0.120. The lowest BCUT2D eigenvalue weighted by atomic mass is 10.0.